The van der Waals surface area contributed by atoms with Crippen LogP contribution >= 0.6 is 11.6 Å². The third-order valence-electron chi connectivity index (χ3n) is 3.59. The van der Waals surface area contributed by atoms with Crippen molar-refractivity contribution in [2.45, 2.75) is 39.7 Å². The third kappa shape index (κ3) is 7.79. The summed E-state index contributed by atoms with van der Waals surface area (Å²) in [6.45, 7) is 7.81. The highest BCUT2D eigenvalue weighted by atomic mass is 35.5. The number of amides is 2. The molecule has 0 bridgehead atoms. The Kier molecular flexibility index (Phi) is 9.42. The second-order valence-corrected chi connectivity index (χ2v) is 6.34. The Balaban J connectivity index is 2.51. The highest BCUT2D eigenvalue weighted by molar-refractivity contribution is 6.30. The zero-order valence-corrected chi connectivity index (χ0v) is 15.5. The van der Waals surface area contributed by atoms with Crippen molar-refractivity contribution in [2.24, 2.45) is 0 Å². The number of halogens is 1. The topological polar surface area (TPSA) is 61.4 Å². The van der Waals surface area contributed by atoms with Gasteiger partial charge in [0.15, 0.2) is 0 Å². The van der Waals surface area contributed by atoms with Crippen LogP contribution in [0.25, 0.3) is 0 Å². The van der Waals surface area contributed by atoms with E-state index in [1.807, 2.05) is 37.8 Å². The molecule has 0 saturated heterocycles. The molecule has 0 aliphatic carbocycles. The Bertz CT molecular complexity index is 520. The number of carbonyl (C=O) groups is 2. The minimum absolute atomic E-state index is 0.0381. The zero-order chi connectivity index (χ0) is 17.9. The number of rotatable bonds is 10. The minimum atomic E-state index is -0.104. The van der Waals surface area contributed by atoms with Gasteiger partial charge >= 0.3 is 0 Å². The van der Waals surface area contributed by atoms with Gasteiger partial charge in [-0.3, -0.25) is 14.5 Å². The number of carbonyl (C=O) groups excluding carboxylic acids is 2. The number of benzene rings is 1. The van der Waals surface area contributed by atoms with Gasteiger partial charge in [-0.2, -0.15) is 0 Å². The van der Waals surface area contributed by atoms with Crippen molar-refractivity contribution in [3.63, 3.8) is 0 Å². The summed E-state index contributed by atoms with van der Waals surface area (Å²) in [5.41, 5.74) is 0.996. The van der Waals surface area contributed by atoms with Gasteiger partial charge in [0.05, 0.1) is 19.1 Å². The lowest BCUT2D eigenvalue weighted by Crippen LogP contribution is -2.43. The van der Waals surface area contributed by atoms with Crippen LogP contribution in [0.15, 0.2) is 24.3 Å². The van der Waals surface area contributed by atoms with E-state index in [1.54, 1.807) is 12.1 Å². The van der Waals surface area contributed by atoms with Crippen molar-refractivity contribution in [3.8, 4) is 0 Å². The van der Waals surface area contributed by atoms with E-state index in [2.05, 4.69) is 10.6 Å². The SMILES string of the molecule is CCCNC(=O)CN(CCC)CC(=O)NC(C)c1ccc(Cl)cc1. The normalized spacial score (nSPS) is 12.0. The monoisotopic (exact) mass is 353 g/mol. The molecule has 5 nitrogen and oxygen atoms in total. The quantitative estimate of drug-likeness (QED) is 0.680. The van der Waals surface area contributed by atoms with Crippen LogP contribution < -0.4 is 10.6 Å². The second-order valence-electron chi connectivity index (χ2n) is 5.90. The highest BCUT2D eigenvalue weighted by Crippen LogP contribution is 2.15. The largest absolute Gasteiger partial charge is 0.355 e. The van der Waals surface area contributed by atoms with E-state index in [0.29, 0.717) is 18.1 Å². The van der Waals surface area contributed by atoms with Gasteiger partial charge in [0, 0.05) is 11.6 Å². The summed E-state index contributed by atoms with van der Waals surface area (Å²) in [6.07, 6.45) is 1.79. The fourth-order valence-corrected chi connectivity index (χ4v) is 2.50. The van der Waals surface area contributed by atoms with Crippen molar-refractivity contribution in [1.82, 2.24) is 15.5 Å². The number of hydrogen-bond donors (Lipinski definition) is 2. The first-order valence-electron chi connectivity index (χ1n) is 8.50. The average molecular weight is 354 g/mol. The fourth-order valence-electron chi connectivity index (χ4n) is 2.38. The Hall–Kier alpha value is -1.59. The second kappa shape index (κ2) is 11.0. The van der Waals surface area contributed by atoms with Gasteiger partial charge in [-0.15, -0.1) is 0 Å². The Morgan fingerprint density at radius 1 is 1.08 bits per heavy atom. The summed E-state index contributed by atoms with van der Waals surface area (Å²) in [4.78, 5) is 26.0. The predicted octanol–water partition coefficient (Wildman–Crippen LogP) is 2.76. The third-order valence-corrected chi connectivity index (χ3v) is 3.85. The van der Waals surface area contributed by atoms with Crippen molar-refractivity contribution >= 4 is 23.4 Å². The molecule has 6 heteroatoms. The van der Waals surface area contributed by atoms with Gasteiger partial charge in [0.25, 0.3) is 0 Å². The molecule has 0 aromatic heterocycles. The molecule has 1 aromatic rings. The molecule has 1 unspecified atom stereocenters. The van der Waals surface area contributed by atoms with E-state index in [0.717, 1.165) is 18.4 Å². The first kappa shape index (κ1) is 20.5. The lowest BCUT2D eigenvalue weighted by atomic mass is 10.1. The molecular formula is C18H28ClN3O2. The van der Waals surface area contributed by atoms with Crippen LogP contribution in [-0.2, 0) is 9.59 Å². The molecule has 0 spiro atoms. The molecule has 1 aromatic carbocycles. The van der Waals surface area contributed by atoms with Gasteiger partial charge in [-0.1, -0.05) is 37.6 Å². The molecule has 2 amide bonds. The van der Waals surface area contributed by atoms with Gasteiger partial charge in [0.1, 0.15) is 0 Å². The summed E-state index contributed by atoms with van der Waals surface area (Å²) in [7, 11) is 0. The summed E-state index contributed by atoms with van der Waals surface area (Å²) >= 11 is 5.88. The van der Waals surface area contributed by atoms with Crippen LogP contribution in [0.4, 0.5) is 0 Å². The summed E-state index contributed by atoms with van der Waals surface area (Å²) in [5.74, 6) is -0.127. The van der Waals surface area contributed by atoms with Crippen molar-refractivity contribution < 1.29 is 9.59 Å². The van der Waals surface area contributed by atoms with Gasteiger partial charge < -0.3 is 10.6 Å². The van der Waals surface area contributed by atoms with Gasteiger partial charge in [-0.25, -0.2) is 0 Å². The minimum Gasteiger partial charge on any atom is -0.355 e. The number of nitrogens with zero attached hydrogens (tertiary/aromatic N) is 1. The Morgan fingerprint density at radius 3 is 2.29 bits per heavy atom. The Labute approximate surface area is 149 Å². The molecule has 0 aliphatic rings. The zero-order valence-electron chi connectivity index (χ0n) is 14.8. The smallest absolute Gasteiger partial charge is 0.234 e. The molecule has 0 heterocycles. The Morgan fingerprint density at radius 2 is 1.71 bits per heavy atom. The lowest BCUT2D eigenvalue weighted by Gasteiger charge is -2.22. The maximum absolute atomic E-state index is 12.3. The van der Waals surface area contributed by atoms with E-state index in [9.17, 15) is 9.59 Å². The molecule has 134 valence electrons. The van der Waals surface area contributed by atoms with Crippen LogP contribution in [0, 0.1) is 0 Å². The van der Waals surface area contributed by atoms with Crippen LogP contribution in [0.2, 0.25) is 5.02 Å². The average Bonchev–Trinajstić information content (AvgIpc) is 2.53. The molecule has 0 aliphatic heterocycles. The number of hydrogen-bond acceptors (Lipinski definition) is 3. The van der Waals surface area contributed by atoms with E-state index < -0.39 is 0 Å². The molecule has 2 N–H and O–H groups in total. The molecule has 1 rings (SSSR count). The fraction of sp³-hybridized carbons (Fsp3) is 0.556. The van der Waals surface area contributed by atoms with E-state index in [-0.39, 0.29) is 30.9 Å². The van der Waals surface area contributed by atoms with E-state index in [1.165, 1.54) is 0 Å². The summed E-state index contributed by atoms with van der Waals surface area (Å²) in [5, 5.41) is 6.48. The van der Waals surface area contributed by atoms with Gasteiger partial charge in [-0.05, 0) is 44.0 Å². The first-order valence-corrected chi connectivity index (χ1v) is 8.87. The molecule has 0 radical (unpaired) electrons. The summed E-state index contributed by atoms with van der Waals surface area (Å²) < 4.78 is 0. The van der Waals surface area contributed by atoms with E-state index >= 15 is 0 Å². The maximum atomic E-state index is 12.3. The summed E-state index contributed by atoms with van der Waals surface area (Å²) in [6, 6.07) is 7.30. The van der Waals surface area contributed by atoms with Crippen LogP contribution in [0.3, 0.4) is 0 Å². The maximum Gasteiger partial charge on any atom is 0.234 e. The molecule has 1 atom stereocenters. The molecule has 0 fully saturated rings. The standard InChI is InChI=1S/C18H28ClN3O2/c1-4-10-20-17(23)12-22(11-5-2)13-18(24)21-14(3)15-6-8-16(19)9-7-15/h6-9,14H,4-5,10-13H2,1-3H3,(H,20,23)(H,21,24). The van der Waals surface area contributed by atoms with Crippen LogP contribution in [0.1, 0.15) is 45.2 Å². The van der Waals surface area contributed by atoms with Crippen molar-refractivity contribution in [1.29, 1.82) is 0 Å². The molecule has 0 saturated carbocycles. The lowest BCUT2D eigenvalue weighted by molar-refractivity contribution is -0.125. The van der Waals surface area contributed by atoms with Crippen LogP contribution in [0.5, 0.6) is 0 Å². The molecular weight excluding hydrogens is 326 g/mol. The van der Waals surface area contributed by atoms with Crippen molar-refractivity contribution in [3.05, 3.63) is 34.9 Å². The molecule has 24 heavy (non-hydrogen) atoms. The number of nitrogens with one attached hydrogen (secondary N) is 2. The van der Waals surface area contributed by atoms with Crippen molar-refractivity contribution in [2.75, 3.05) is 26.2 Å². The van der Waals surface area contributed by atoms with Gasteiger partial charge in [0.2, 0.25) is 11.8 Å². The van der Waals surface area contributed by atoms with Crippen LogP contribution in [-0.4, -0.2) is 42.9 Å². The highest BCUT2D eigenvalue weighted by Gasteiger charge is 2.15. The first-order chi connectivity index (χ1) is 11.5. The van der Waals surface area contributed by atoms with E-state index in [4.69, 9.17) is 11.6 Å². The predicted molar refractivity (Wildman–Crippen MR) is 98.0 cm³/mol.